The van der Waals surface area contributed by atoms with Crippen LogP contribution in [0.15, 0.2) is 0 Å². The largest absolute Gasteiger partial charge is 2.00 e. The van der Waals surface area contributed by atoms with Crippen LogP contribution in [-0.4, -0.2) is 73.6 Å². The minimum absolute atomic E-state index is 0. The second-order valence-corrected chi connectivity index (χ2v) is 13.5. The second-order valence-electron chi connectivity index (χ2n) is 4.50. The van der Waals surface area contributed by atoms with Crippen molar-refractivity contribution in [3.05, 3.63) is 0 Å². The van der Waals surface area contributed by atoms with Crippen molar-refractivity contribution in [2.24, 2.45) is 0 Å². The summed E-state index contributed by atoms with van der Waals surface area (Å²) in [5.74, 6) is 0. The average molecular weight is 390 g/mol. The molecule has 108 valence electrons. The third-order valence-electron chi connectivity index (χ3n) is 0. The molecule has 0 rings (SSSR count). The van der Waals surface area contributed by atoms with Gasteiger partial charge in [0, 0.05) is 60.0 Å². The Morgan fingerprint density at radius 1 is 0.471 bits per heavy atom. The molecule has 0 fully saturated rings. The molecule has 17 heavy (non-hydrogen) atoms. The van der Waals surface area contributed by atoms with Crippen LogP contribution in [0.4, 0.5) is 0 Å². The van der Waals surface area contributed by atoms with Crippen LogP contribution in [-0.2, 0) is 29.1 Å². The van der Waals surface area contributed by atoms with Crippen molar-refractivity contribution in [2.75, 3.05) is 60.0 Å². The Balaban J connectivity index is -0.0000000227. The zero-order valence-electron chi connectivity index (χ0n) is 12.8. The summed E-state index contributed by atoms with van der Waals surface area (Å²) >= 11 is 0. The van der Waals surface area contributed by atoms with Gasteiger partial charge in [-0.2, -0.15) is 0 Å². The minimum atomic E-state index is 0. The van der Waals surface area contributed by atoms with Crippen molar-refractivity contribution in [3.8, 4) is 0 Å². The van der Waals surface area contributed by atoms with E-state index in [1.807, 2.05) is 0 Å². The van der Waals surface area contributed by atoms with E-state index in [0.29, 0.717) is 0 Å². The Morgan fingerprint density at radius 3 is 0.471 bits per heavy atom. The van der Waals surface area contributed by atoms with Crippen molar-refractivity contribution >= 4 is 37.3 Å². The van der Waals surface area contributed by atoms with Crippen molar-refractivity contribution in [1.82, 2.24) is 0 Å². The van der Waals surface area contributed by atoms with Gasteiger partial charge in [0.25, 0.3) is 0 Å². The fraction of sp³-hybridized carbons (Fsp3) is 0.818. The van der Waals surface area contributed by atoms with Crippen LogP contribution in [0.2, 0.25) is 0 Å². The van der Waals surface area contributed by atoms with E-state index >= 15 is 0 Å². The summed E-state index contributed by atoms with van der Waals surface area (Å²) in [6.45, 7) is 26.9. The van der Waals surface area contributed by atoms with Crippen molar-refractivity contribution in [1.29, 1.82) is 0 Å². The second kappa shape index (κ2) is 43.4. The fourth-order valence-corrected chi connectivity index (χ4v) is 0. The maximum atomic E-state index is 7.75. The summed E-state index contributed by atoms with van der Waals surface area (Å²) in [7, 11) is 0.361. The zero-order valence-corrected chi connectivity index (χ0v) is 17.6. The molecule has 0 amide bonds. The quantitative estimate of drug-likeness (QED) is 0.276. The van der Waals surface area contributed by atoms with Gasteiger partial charge in [0.05, 0.1) is 0 Å². The third kappa shape index (κ3) is 2560. The first-order chi connectivity index (χ1) is 7.20. The minimum Gasteiger partial charge on any atom is -0.545 e. The van der Waals surface area contributed by atoms with E-state index in [0.717, 1.165) is 0 Å². The molecule has 6 heteroatoms. The van der Waals surface area contributed by atoms with Crippen LogP contribution in [0, 0.1) is 0 Å². The molecule has 0 heterocycles. The molecule has 0 unspecified atom stereocenters. The standard InChI is InChI=1S/3C3H9P.2CHO.Ru/c3*1-4(2)3;2*1-2;/h3*1-3H3;2*1H;/q;;;2*-1;+2/p+3. The maximum Gasteiger partial charge on any atom is 2.00 e. The first-order valence-electron chi connectivity index (χ1n) is 4.97. The normalized spacial score (nSPS) is 6.82. The molecule has 0 atom stereocenters. The first kappa shape index (κ1) is 36.2. The van der Waals surface area contributed by atoms with Gasteiger partial charge in [0.1, 0.15) is 0 Å². The van der Waals surface area contributed by atoms with Gasteiger partial charge in [0.2, 0.25) is 0 Å². The summed E-state index contributed by atoms with van der Waals surface area (Å²) in [5.41, 5.74) is 0. The van der Waals surface area contributed by atoms with Gasteiger partial charge in [-0.05, 0) is 23.8 Å². The molecule has 0 aliphatic heterocycles. The number of hydrogen-bond acceptors (Lipinski definition) is 2. The van der Waals surface area contributed by atoms with Gasteiger partial charge in [0.15, 0.2) is 0 Å². The molecular weight excluding hydrogens is 358 g/mol. The Hall–Kier alpha value is 1.25. The van der Waals surface area contributed by atoms with Crippen LogP contribution in [0.25, 0.3) is 0 Å². The molecular formula is C11H32O2P3Ru+3. The predicted molar refractivity (Wildman–Crippen MR) is 91.8 cm³/mol. The van der Waals surface area contributed by atoms with E-state index in [1.54, 1.807) is 0 Å². The molecule has 0 bridgehead atoms. The van der Waals surface area contributed by atoms with Gasteiger partial charge < -0.3 is 9.59 Å². The van der Waals surface area contributed by atoms with Crippen LogP contribution in [0.1, 0.15) is 0 Å². The summed E-state index contributed by atoms with van der Waals surface area (Å²) in [5, 5.41) is 0. The monoisotopic (exact) mass is 391 g/mol. The number of rotatable bonds is 0. The van der Waals surface area contributed by atoms with Gasteiger partial charge >= 0.3 is 19.5 Å². The smallest absolute Gasteiger partial charge is 0.545 e. The average Bonchev–Trinajstić information content (AvgIpc) is 2.07. The Kier molecular flexibility index (Phi) is 92.3. The van der Waals surface area contributed by atoms with Gasteiger partial charge in [-0.1, -0.05) is 0 Å². The molecule has 0 radical (unpaired) electrons. The van der Waals surface area contributed by atoms with E-state index in [1.165, 1.54) is 0 Å². The SMILES string of the molecule is C[PH+](C)C.C[PH+](C)C.C[PH+](C)C.[CH-]=O.[CH-]=O.[Ru+2]. The summed E-state index contributed by atoms with van der Waals surface area (Å²) < 4.78 is 0. The molecule has 0 aliphatic rings. The molecule has 0 saturated heterocycles. The van der Waals surface area contributed by atoms with Crippen LogP contribution in [0.5, 0.6) is 0 Å². The molecule has 0 aliphatic carbocycles. The summed E-state index contributed by atoms with van der Waals surface area (Å²) in [6.07, 6.45) is 0. The predicted octanol–water partition coefficient (Wildman–Crippen LogP) is 2.72. The maximum absolute atomic E-state index is 7.75. The van der Waals surface area contributed by atoms with Gasteiger partial charge in [-0.25, -0.2) is 0 Å². The van der Waals surface area contributed by atoms with Gasteiger partial charge in [-0.15, -0.1) is 0 Å². The van der Waals surface area contributed by atoms with Crippen molar-refractivity contribution in [3.63, 3.8) is 0 Å². The van der Waals surface area contributed by atoms with E-state index in [2.05, 4.69) is 73.6 Å². The molecule has 0 saturated carbocycles. The fourth-order valence-electron chi connectivity index (χ4n) is 0. The van der Waals surface area contributed by atoms with E-state index < -0.39 is 0 Å². The van der Waals surface area contributed by atoms with Gasteiger partial charge in [-0.3, -0.25) is 13.6 Å². The summed E-state index contributed by atoms with van der Waals surface area (Å²) in [4.78, 5) is 15.5. The molecule has 2 nitrogen and oxygen atoms in total. The van der Waals surface area contributed by atoms with Crippen molar-refractivity contribution in [2.45, 2.75) is 0 Å². The third-order valence-corrected chi connectivity index (χ3v) is 0. The van der Waals surface area contributed by atoms with E-state index in [4.69, 9.17) is 9.59 Å². The van der Waals surface area contributed by atoms with E-state index in [-0.39, 0.29) is 43.2 Å². The Bertz CT molecular complexity index is 70.3. The molecule has 0 spiro atoms. The first-order valence-corrected chi connectivity index (χ1v) is 14.0. The van der Waals surface area contributed by atoms with Crippen LogP contribution >= 0.6 is 23.8 Å². The number of hydrogen-bond donors (Lipinski definition) is 0. The topological polar surface area (TPSA) is 34.1 Å². The van der Waals surface area contributed by atoms with E-state index in [9.17, 15) is 0 Å². The molecule has 0 aromatic carbocycles. The van der Waals surface area contributed by atoms with Crippen molar-refractivity contribution < 1.29 is 29.1 Å². The van der Waals surface area contributed by atoms with Crippen LogP contribution < -0.4 is 0 Å². The molecule has 0 aromatic rings. The Labute approximate surface area is 126 Å². The summed E-state index contributed by atoms with van der Waals surface area (Å²) in [6, 6.07) is 0. The Morgan fingerprint density at radius 2 is 0.471 bits per heavy atom. The molecule has 0 aromatic heterocycles. The molecule has 0 N–H and O–H groups in total. The zero-order chi connectivity index (χ0) is 14.7. The number of carbonyl (C=O) groups excluding carboxylic acids is 2. The van der Waals surface area contributed by atoms with Crippen LogP contribution in [0.3, 0.4) is 0 Å².